The van der Waals surface area contributed by atoms with Crippen LogP contribution >= 0.6 is 15.9 Å². The van der Waals surface area contributed by atoms with E-state index in [-0.39, 0.29) is 17.6 Å². The van der Waals surface area contributed by atoms with Crippen molar-refractivity contribution in [3.63, 3.8) is 0 Å². The molecular weight excluding hydrogens is 318 g/mol. The lowest BCUT2D eigenvalue weighted by atomic mass is 10.2. The number of hydrogen-bond acceptors (Lipinski definition) is 3. The fourth-order valence-corrected chi connectivity index (χ4v) is 3.18. The lowest BCUT2D eigenvalue weighted by Crippen LogP contribution is -2.33. The maximum absolute atomic E-state index is 11.8. The SMILES string of the molecule is C[C@@H]1C[C@H]1C(=O)NS(=O)(=O)Cc1ccc(Br)cc1. The maximum atomic E-state index is 11.8. The van der Waals surface area contributed by atoms with Crippen LogP contribution in [0.4, 0.5) is 0 Å². The summed E-state index contributed by atoms with van der Waals surface area (Å²) in [7, 11) is -3.59. The highest BCUT2D eigenvalue weighted by molar-refractivity contribution is 9.10. The molecule has 6 heteroatoms. The monoisotopic (exact) mass is 331 g/mol. The Hall–Kier alpha value is -0.880. The minimum absolute atomic E-state index is 0.135. The van der Waals surface area contributed by atoms with E-state index in [9.17, 15) is 13.2 Å². The Bertz CT molecular complexity index is 553. The van der Waals surface area contributed by atoms with Crippen LogP contribution in [0.25, 0.3) is 0 Å². The Labute approximate surface area is 115 Å². The van der Waals surface area contributed by atoms with Crippen LogP contribution in [0, 0.1) is 11.8 Å². The molecule has 1 aliphatic rings. The molecule has 1 aromatic rings. The average molecular weight is 332 g/mol. The molecule has 2 atom stereocenters. The highest BCUT2D eigenvalue weighted by atomic mass is 79.9. The van der Waals surface area contributed by atoms with Gasteiger partial charge < -0.3 is 0 Å². The molecule has 0 bridgehead atoms. The summed E-state index contributed by atoms with van der Waals surface area (Å²) in [6.07, 6.45) is 0.777. The van der Waals surface area contributed by atoms with Gasteiger partial charge >= 0.3 is 0 Å². The van der Waals surface area contributed by atoms with Gasteiger partial charge in [-0.15, -0.1) is 0 Å². The molecule has 1 aliphatic carbocycles. The molecule has 18 heavy (non-hydrogen) atoms. The van der Waals surface area contributed by atoms with Crippen molar-refractivity contribution < 1.29 is 13.2 Å². The van der Waals surface area contributed by atoms with Crippen molar-refractivity contribution in [2.75, 3.05) is 0 Å². The molecule has 0 spiro atoms. The quantitative estimate of drug-likeness (QED) is 0.918. The van der Waals surface area contributed by atoms with Crippen LogP contribution in [0.3, 0.4) is 0 Å². The summed E-state index contributed by atoms with van der Waals surface area (Å²) < 4.78 is 26.6. The largest absolute Gasteiger partial charge is 0.274 e. The minimum atomic E-state index is -3.59. The fourth-order valence-electron chi connectivity index (χ4n) is 1.75. The van der Waals surface area contributed by atoms with Crippen molar-refractivity contribution in [1.29, 1.82) is 0 Å². The van der Waals surface area contributed by atoms with Gasteiger partial charge in [0.2, 0.25) is 15.9 Å². The Kier molecular flexibility index (Phi) is 3.77. The summed E-state index contributed by atoms with van der Waals surface area (Å²) in [5.41, 5.74) is 0.655. The van der Waals surface area contributed by atoms with Gasteiger partial charge in [0.15, 0.2) is 0 Å². The zero-order valence-corrected chi connectivity index (χ0v) is 12.3. The third-order valence-corrected chi connectivity index (χ3v) is 4.73. The van der Waals surface area contributed by atoms with Crippen LogP contribution in [0.5, 0.6) is 0 Å². The number of benzene rings is 1. The Morgan fingerprint density at radius 3 is 2.44 bits per heavy atom. The second-order valence-corrected chi connectivity index (χ2v) is 7.31. The normalized spacial score (nSPS) is 22.6. The summed E-state index contributed by atoms with van der Waals surface area (Å²) in [6.45, 7) is 1.94. The van der Waals surface area contributed by atoms with Crippen molar-refractivity contribution in [3.05, 3.63) is 34.3 Å². The number of halogens is 1. The molecule has 4 nitrogen and oxygen atoms in total. The summed E-state index contributed by atoms with van der Waals surface area (Å²) >= 11 is 3.28. The van der Waals surface area contributed by atoms with E-state index in [0.29, 0.717) is 11.5 Å². The Morgan fingerprint density at radius 2 is 1.94 bits per heavy atom. The first-order valence-electron chi connectivity index (χ1n) is 5.66. The van der Waals surface area contributed by atoms with Crippen molar-refractivity contribution in [2.45, 2.75) is 19.1 Å². The first kappa shape index (κ1) is 13.5. The van der Waals surface area contributed by atoms with E-state index in [1.807, 2.05) is 6.92 Å². The number of carbonyl (C=O) groups excluding carboxylic acids is 1. The molecule has 1 saturated carbocycles. The third kappa shape index (κ3) is 3.55. The topological polar surface area (TPSA) is 63.2 Å². The zero-order valence-electron chi connectivity index (χ0n) is 9.89. The van der Waals surface area contributed by atoms with Gasteiger partial charge in [-0.2, -0.15) is 0 Å². The van der Waals surface area contributed by atoms with E-state index in [4.69, 9.17) is 0 Å². The minimum Gasteiger partial charge on any atom is -0.274 e. The number of carbonyl (C=O) groups is 1. The van der Waals surface area contributed by atoms with E-state index < -0.39 is 10.0 Å². The molecule has 0 saturated heterocycles. The number of rotatable bonds is 4. The molecule has 2 rings (SSSR count). The van der Waals surface area contributed by atoms with Gasteiger partial charge in [-0.1, -0.05) is 35.0 Å². The van der Waals surface area contributed by atoms with Crippen LogP contribution in [0.15, 0.2) is 28.7 Å². The summed E-state index contributed by atoms with van der Waals surface area (Å²) in [5.74, 6) is -0.384. The van der Waals surface area contributed by atoms with E-state index in [2.05, 4.69) is 20.7 Å². The van der Waals surface area contributed by atoms with Crippen molar-refractivity contribution >= 4 is 31.9 Å². The third-order valence-electron chi connectivity index (χ3n) is 2.97. The van der Waals surface area contributed by atoms with Crippen molar-refractivity contribution in [1.82, 2.24) is 4.72 Å². The molecule has 0 unspecified atom stereocenters. The first-order chi connectivity index (χ1) is 8.37. The van der Waals surface area contributed by atoms with E-state index in [0.717, 1.165) is 10.9 Å². The number of amides is 1. The number of hydrogen-bond donors (Lipinski definition) is 1. The lowest BCUT2D eigenvalue weighted by molar-refractivity contribution is -0.120. The van der Waals surface area contributed by atoms with Crippen LogP contribution in [0.1, 0.15) is 18.9 Å². The highest BCUT2D eigenvalue weighted by Gasteiger charge is 2.40. The van der Waals surface area contributed by atoms with Crippen LogP contribution in [-0.2, 0) is 20.6 Å². The van der Waals surface area contributed by atoms with Crippen molar-refractivity contribution in [2.24, 2.45) is 11.8 Å². The van der Waals surface area contributed by atoms with E-state index in [1.54, 1.807) is 24.3 Å². The van der Waals surface area contributed by atoms with Gasteiger partial charge in [0.25, 0.3) is 0 Å². The predicted molar refractivity (Wildman–Crippen MR) is 72.2 cm³/mol. The van der Waals surface area contributed by atoms with Gasteiger partial charge in [-0.3, -0.25) is 9.52 Å². The van der Waals surface area contributed by atoms with Crippen LogP contribution in [-0.4, -0.2) is 14.3 Å². The van der Waals surface area contributed by atoms with E-state index >= 15 is 0 Å². The Balaban J connectivity index is 1.99. The van der Waals surface area contributed by atoms with Crippen LogP contribution < -0.4 is 4.72 Å². The number of sulfonamides is 1. The fraction of sp³-hybridized carbons (Fsp3) is 0.417. The van der Waals surface area contributed by atoms with Gasteiger partial charge in [0.1, 0.15) is 0 Å². The van der Waals surface area contributed by atoms with Gasteiger partial charge in [-0.05, 0) is 30.0 Å². The molecule has 1 amide bonds. The highest BCUT2D eigenvalue weighted by Crippen LogP contribution is 2.37. The zero-order chi connectivity index (χ0) is 13.3. The summed E-state index contributed by atoms with van der Waals surface area (Å²) in [5, 5.41) is 0. The van der Waals surface area contributed by atoms with Crippen molar-refractivity contribution in [3.8, 4) is 0 Å². The van der Waals surface area contributed by atoms with Gasteiger partial charge in [0.05, 0.1) is 5.75 Å². The maximum Gasteiger partial charge on any atom is 0.239 e. The molecule has 0 aliphatic heterocycles. The molecule has 1 fully saturated rings. The molecule has 1 aromatic carbocycles. The molecule has 1 N–H and O–H groups in total. The standard InChI is InChI=1S/C12H14BrNO3S/c1-8-6-11(8)12(15)14-18(16,17)7-9-2-4-10(13)5-3-9/h2-5,8,11H,6-7H2,1H3,(H,14,15)/t8-,11-/m1/s1. The van der Waals surface area contributed by atoms with Gasteiger partial charge in [0, 0.05) is 10.4 Å². The smallest absolute Gasteiger partial charge is 0.239 e. The molecule has 0 radical (unpaired) electrons. The second kappa shape index (κ2) is 5.01. The average Bonchev–Trinajstić information content (AvgIpc) is 2.98. The van der Waals surface area contributed by atoms with E-state index in [1.165, 1.54) is 0 Å². The first-order valence-corrected chi connectivity index (χ1v) is 8.11. The van der Waals surface area contributed by atoms with Crippen LogP contribution in [0.2, 0.25) is 0 Å². The summed E-state index contributed by atoms with van der Waals surface area (Å²) in [4.78, 5) is 11.6. The predicted octanol–water partition coefficient (Wildman–Crippen LogP) is 2.05. The number of nitrogens with one attached hydrogen (secondary N) is 1. The molecule has 98 valence electrons. The Morgan fingerprint density at radius 1 is 1.39 bits per heavy atom. The second-order valence-electron chi connectivity index (χ2n) is 4.67. The van der Waals surface area contributed by atoms with Gasteiger partial charge in [-0.25, -0.2) is 8.42 Å². The molecular formula is C12H14BrNO3S. The summed E-state index contributed by atoms with van der Waals surface area (Å²) in [6, 6.07) is 6.98. The molecule has 0 aromatic heterocycles. The molecule has 0 heterocycles. The lowest BCUT2D eigenvalue weighted by Gasteiger charge is -2.06.